The minimum atomic E-state index is -3.33. The predicted octanol–water partition coefficient (Wildman–Crippen LogP) is 4.57. The minimum Gasteiger partial charge on any atom is -0.489 e. The quantitative estimate of drug-likeness (QED) is 0.463. The van der Waals surface area contributed by atoms with Gasteiger partial charge >= 0.3 is 0 Å². The van der Waals surface area contributed by atoms with Crippen LogP contribution in [0.25, 0.3) is 10.9 Å². The van der Waals surface area contributed by atoms with E-state index in [1.807, 2.05) is 39.8 Å². The van der Waals surface area contributed by atoms with Crippen molar-refractivity contribution in [2.45, 2.75) is 56.0 Å². The first kappa shape index (κ1) is 24.6. The van der Waals surface area contributed by atoms with E-state index in [0.717, 1.165) is 27.9 Å². The maximum Gasteiger partial charge on any atom is 0.219 e. The van der Waals surface area contributed by atoms with Crippen LogP contribution in [0, 0.1) is 0 Å². The molecule has 8 nitrogen and oxygen atoms in total. The van der Waals surface area contributed by atoms with E-state index in [9.17, 15) is 13.5 Å². The Bertz CT molecular complexity index is 1320. The van der Waals surface area contributed by atoms with Crippen LogP contribution < -0.4 is 9.47 Å². The van der Waals surface area contributed by atoms with Gasteiger partial charge in [0, 0.05) is 35.2 Å². The smallest absolute Gasteiger partial charge is 0.219 e. The van der Waals surface area contributed by atoms with E-state index < -0.39 is 15.4 Å². The van der Waals surface area contributed by atoms with Crippen molar-refractivity contribution in [1.29, 1.82) is 0 Å². The molecular formula is C24H29N3O5S2. The van der Waals surface area contributed by atoms with Gasteiger partial charge in [-0.1, -0.05) is 11.8 Å². The van der Waals surface area contributed by atoms with Gasteiger partial charge in [0.2, 0.25) is 5.88 Å². The average molecular weight is 504 g/mol. The molecule has 0 spiro atoms. The van der Waals surface area contributed by atoms with Crippen LogP contribution in [-0.4, -0.2) is 58.3 Å². The summed E-state index contributed by atoms with van der Waals surface area (Å²) in [7, 11) is -3.33. The highest BCUT2D eigenvalue weighted by Gasteiger charge is 2.27. The lowest BCUT2D eigenvalue weighted by atomic mass is 10.0. The van der Waals surface area contributed by atoms with Gasteiger partial charge in [-0.2, -0.15) is 0 Å². The Hall–Kier alpha value is -2.56. The second kappa shape index (κ2) is 9.24. The van der Waals surface area contributed by atoms with Gasteiger partial charge in [0.05, 0.1) is 34.4 Å². The number of aromatic amines is 1. The number of sulfone groups is 1. The summed E-state index contributed by atoms with van der Waals surface area (Å²) in [5, 5.41) is 12.2. The molecular weight excluding hydrogens is 474 g/mol. The Kier molecular flexibility index (Phi) is 6.67. The molecule has 1 unspecified atom stereocenters. The standard InChI is InChI=1S/C24H29N3O5S2/c1-14(2)31-20-10-16(32-21-7-6-18(13-25-21)34(5,29)30)8-15-9-19(27-22(15)20)23-26-12-17(33-23)11-24(3,4)28/h6-10,13-14,17,27-28H,11-12H2,1-5H3. The molecule has 1 atom stereocenters. The van der Waals surface area contributed by atoms with E-state index in [2.05, 4.69) is 15.0 Å². The number of aromatic nitrogens is 2. The fourth-order valence-corrected chi connectivity index (χ4v) is 5.60. The first-order valence-electron chi connectivity index (χ1n) is 11.0. The summed E-state index contributed by atoms with van der Waals surface area (Å²) < 4.78 is 35.3. The van der Waals surface area contributed by atoms with Gasteiger partial charge in [-0.05, 0) is 52.3 Å². The molecule has 0 radical (unpaired) electrons. The lowest BCUT2D eigenvalue weighted by Gasteiger charge is -2.20. The molecule has 1 aromatic carbocycles. The highest BCUT2D eigenvalue weighted by atomic mass is 32.2. The summed E-state index contributed by atoms with van der Waals surface area (Å²) in [6.07, 6.45) is 3.03. The third kappa shape index (κ3) is 5.92. The molecule has 0 amide bonds. The van der Waals surface area contributed by atoms with Crippen molar-refractivity contribution in [3.8, 4) is 17.4 Å². The number of hydrogen-bond donors (Lipinski definition) is 2. The van der Waals surface area contributed by atoms with E-state index in [0.29, 0.717) is 24.5 Å². The zero-order valence-corrected chi connectivity index (χ0v) is 21.5. The summed E-state index contributed by atoms with van der Waals surface area (Å²) in [4.78, 5) is 12.4. The number of aliphatic imine (C=N–C) groups is 1. The number of pyridine rings is 1. The molecule has 0 fully saturated rings. The van der Waals surface area contributed by atoms with Crippen LogP contribution in [0.2, 0.25) is 0 Å². The highest BCUT2D eigenvalue weighted by molar-refractivity contribution is 8.15. The predicted molar refractivity (Wildman–Crippen MR) is 135 cm³/mol. The van der Waals surface area contributed by atoms with Crippen molar-refractivity contribution in [2.24, 2.45) is 4.99 Å². The van der Waals surface area contributed by atoms with E-state index in [1.54, 1.807) is 17.8 Å². The van der Waals surface area contributed by atoms with Gasteiger partial charge in [0.25, 0.3) is 0 Å². The SMILES string of the molecule is CC(C)Oc1cc(Oc2ccc(S(C)(=O)=O)cn2)cc2cc(C3=NCC(CC(C)(C)O)S3)[nH]c12. The summed E-state index contributed by atoms with van der Waals surface area (Å²) in [5.74, 6) is 1.44. The molecule has 4 rings (SSSR count). The number of H-pyrrole nitrogens is 1. The Balaban J connectivity index is 1.62. The molecule has 0 bridgehead atoms. The van der Waals surface area contributed by atoms with Crippen molar-refractivity contribution in [3.05, 3.63) is 42.2 Å². The fourth-order valence-electron chi connectivity index (χ4n) is 3.70. The van der Waals surface area contributed by atoms with Gasteiger partial charge in [-0.3, -0.25) is 4.99 Å². The van der Waals surface area contributed by atoms with Crippen molar-refractivity contribution < 1.29 is 23.0 Å². The number of rotatable bonds is 8. The second-order valence-electron chi connectivity index (χ2n) is 9.34. The average Bonchev–Trinajstić information content (AvgIpc) is 3.33. The zero-order chi connectivity index (χ0) is 24.7. The van der Waals surface area contributed by atoms with Crippen LogP contribution in [0.5, 0.6) is 17.4 Å². The van der Waals surface area contributed by atoms with Crippen LogP contribution in [0.1, 0.15) is 39.8 Å². The molecule has 182 valence electrons. The summed E-state index contributed by atoms with van der Waals surface area (Å²) in [6.45, 7) is 8.20. The monoisotopic (exact) mass is 503 g/mol. The molecule has 2 N–H and O–H groups in total. The molecule has 2 aromatic heterocycles. The largest absolute Gasteiger partial charge is 0.489 e. The van der Waals surface area contributed by atoms with Gasteiger partial charge in [-0.15, -0.1) is 0 Å². The summed E-state index contributed by atoms with van der Waals surface area (Å²) in [5.41, 5.74) is 0.992. The highest BCUT2D eigenvalue weighted by Crippen LogP contribution is 2.37. The van der Waals surface area contributed by atoms with E-state index in [-0.39, 0.29) is 22.1 Å². The number of nitrogens with zero attached hydrogens (tertiary/aromatic N) is 2. The van der Waals surface area contributed by atoms with Crippen molar-refractivity contribution in [2.75, 3.05) is 12.8 Å². The number of benzene rings is 1. The van der Waals surface area contributed by atoms with Gasteiger partial charge in [0.15, 0.2) is 9.84 Å². The number of hydrogen-bond acceptors (Lipinski definition) is 8. The number of thioether (sulfide) groups is 1. The molecule has 10 heteroatoms. The van der Waals surface area contributed by atoms with Gasteiger partial charge in [-0.25, -0.2) is 13.4 Å². The maximum atomic E-state index is 11.7. The van der Waals surface area contributed by atoms with Crippen molar-refractivity contribution in [1.82, 2.24) is 9.97 Å². The van der Waals surface area contributed by atoms with Crippen LogP contribution in [0.3, 0.4) is 0 Å². The number of aliphatic hydroxyl groups is 1. The Morgan fingerprint density at radius 3 is 2.65 bits per heavy atom. The van der Waals surface area contributed by atoms with Crippen molar-refractivity contribution in [3.63, 3.8) is 0 Å². The van der Waals surface area contributed by atoms with Gasteiger partial charge < -0.3 is 19.6 Å². The van der Waals surface area contributed by atoms with Crippen LogP contribution >= 0.6 is 11.8 Å². The van der Waals surface area contributed by atoms with Crippen molar-refractivity contribution >= 4 is 37.5 Å². The number of nitrogens with one attached hydrogen (secondary N) is 1. The lowest BCUT2D eigenvalue weighted by molar-refractivity contribution is 0.0714. The summed E-state index contributed by atoms with van der Waals surface area (Å²) in [6, 6.07) is 8.67. The fraction of sp³-hybridized carbons (Fsp3) is 0.417. The van der Waals surface area contributed by atoms with Crippen LogP contribution in [0.4, 0.5) is 0 Å². The summed E-state index contributed by atoms with van der Waals surface area (Å²) >= 11 is 1.66. The lowest BCUT2D eigenvalue weighted by Crippen LogP contribution is -2.25. The third-order valence-corrected chi connectivity index (χ3v) is 7.38. The number of ether oxygens (including phenoxy) is 2. The third-order valence-electron chi connectivity index (χ3n) is 5.06. The van der Waals surface area contributed by atoms with Gasteiger partial charge in [0.1, 0.15) is 16.5 Å². The Labute approximate surface area is 203 Å². The first-order valence-corrected chi connectivity index (χ1v) is 13.8. The first-order chi connectivity index (χ1) is 15.9. The van der Waals surface area contributed by atoms with E-state index in [4.69, 9.17) is 9.47 Å². The van der Waals surface area contributed by atoms with Crippen LogP contribution in [0.15, 0.2) is 46.4 Å². The molecule has 0 saturated carbocycles. The van der Waals surface area contributed by atoms with Crippen LogP contribution in [-0.2, 0) is 9.84 Å². The number of fused-ring (bicyclic) bond motifs is 1. The Morgan fingerprint density at radius 2 is 2.03 bits per heavy atom. The zero-order valence-electron chi connectivity index (χ0n) is 19.8. The van der Waals surface area contributed by atoms with E-state index in [1.165, 1.54) is 18.3 Å². The molecule has 0 saturated heterocycles. The second-order valence-corrected chi connectivity index (χ2v) is 12.6. The molecule has 34 heavy (non-hydrogen) atoms. The molecule has 3 aromatic rings. The minimum absolute atomic E-state index is 0.0493. The normalized spacial score (nSPS) is 16.8. The molecule has 1 aliphatic heterocycles. The topological polar surface area (TPSA) is 114 Å². The molecule has 1 aliphatic rings. The van der Waals surface area contributed by atoms with E-state index >= 15 is 0 Å². The molecule has 3 heterocycles. The molecule has 0 aliphatic carbocycles. The maximum absolute atomic E-state index is 11.7. The Morgan fingerprint density at radius 1 is 1.26 bits per heavy atom.